The largest absolute Gasteiger partial charge is 0.508 e. The summed E-state index contributed by atoms with van der Waals surface area (Å²) in [7, 11) is 8.33. The highest BCUT2D eigenvalue weighted by Crippen LogP contribution is 2.36. The van der Waals surface area contributed by atoms with Crippen molar-refractivity contribution in [3.63, 3.8) is 0 Å². The van der Waals surface area contributed by atoms with Gasteiger partial charge in [-0.1, -0.05) is 140 Å². The van der Waals surface area contributed by atoms with Crippen LogP contribution in [-0.2, 0) is 0 Å². The van der Waals surface area contributed by atoms with E-state index >= 15 is 0 Å². The molecule has 0 aliphatic carbocycles. The normalized spacial score (nSPS) is 11.0. The van der Waals surface area contributed by atoms with Gasteiger partial charge < -0.3 is 20.0 Å². The highest BCUT2D eigenvalue weighted by atomic mass is 16.3. The number of aryl methyl sites for hydroxylation is 2. The van der Waals surface area contributed by atoms with E-state index in [2.05, 4.69) is 100 Å². The lowest BCUT2D eigenvalue weighted by atomic mass is 9.85. The minimum Gasteiger partial charge on any atom is -0.508 e. The molecule has 0 aliphatic rings. The van der Waals surface area contributed by atoms with Crippen LogP contribution in [0.15, 0.2) is 97.1 Å². The highest BCUT2D eigenvalue weighted by Gasteiger charge is 2.20. The maximum Gasteiger partial charge on any atom is 0.119 e. The van der Waals surface area contributed by atoms with Crippen LogP contribution in [0.5, 0.6) is 11.5 Å². The second-order valence-corrected chi connectivity index (χ2v) is 11.1. The summed E-state index contributed by atoms with van der Waals surface area (Å²) in [6.07, 6.45) is 1.99. The Bertz CT molecular complexity index is 1140. The van der Waals surface area contributed by atoms with Crippen LogP contribution in [0.3, 0.4) is 0 Å². The molecule has 0 fully saturated rings. The van der Waals surface area contributed by atoms with Crippen molar-refractivity contribution < 1.29 is 10.2 Å². The Kier molecular flexibility index (Phi) is 27.5. The monoisotopic (exact) mass is 659 g/mol. The molecule has 268 valence electrons. The Morgan fingerprint density at radius 3 is 0.917 bits per heavy atom. The second kappa shape index (κ2) is 28.4. The van der Waals surface area contributed by atoms with E-state index in [0.717, 1.165) is 37.1 Å². The van der Waals surface area contributed by atoms with Crippen molar-refractivity contribution in [1.82, 2.24) is 9.80 Å². The van der Waals surface area contributed by atoms with E-state index in [9.17, 15) is 10.2 Å². The van der Waals surface area contributed by atoms with Crippen LogP contribution in [0, 0.1) is 13.8 Å². The molecule has 4 nitrogen and oxygen atoms in total. The molecular formula is C44H70N2O2. The van der Waals surface area contributed by atoms with Crippen molar-refractivity contribution in [3.05, 3.63) is 130 Å². The lowest BCUT2D eigenvalue weighted by Crippen LogP contribution is -2.17. The molecule has 0 aliphatic heterocycles. The van der Waals surface area contributed by atoms with Crippen LogP contribution in [-0.4, -0.2) is 61.3 Å². The summed E-state index contributed by atoms with van der Waals surface area (Å²) in [5, 5.41) is 20.4. The Labute approximate surface area is 296 Å². The molecule has 0 bridgehead atoms. The van der Waals surface area contributed by atoms with Gasteiger partial charge in [-0.3, -0.25) is 0 Å². The molecular weight excluding hydrogens is 588 g/mol. The van der Waals surface area contributed by atoms with Crippen LogP contribution < -0.4 is 0 Å². The second-order valence-electron chi connectivity index (χ2n) is 11.1. The maximum absolute atomic E-state index is 10.2. The van der Waals surface area contributed by atoms with E-state index in [1.54, 1.807) is 12.1 Å². The van der Waals surface area contributed by atoms with Gasteiger partial charge in [-0.05, 0) is 102 Å². The lowest BCUT2D eigenvalue weighted by Gasteiger charge is -2.22. The van der Waals surface area contributed by atoms with Gasteiger partial charge in [0.05, 0.1) is 0 Å². The summed E-state index contributed by atoms with van der Waals surface area (Å²) < 4.78 is 0. The first-order valence-electron chi connectivity index (χ1n) is 18.1. The third kappa shape index (κ3) is 16.5. The van der Waals surface area contributed by atoms with Gasteiger partial charge in [0.2, 0.25) is 0 Å². The van der Waals surface area contributed by atoms with Crippen LogP contribution in [0.2, 0.25) is 0 Å². The van der Waals surface area contributed by atoms with E-state index in [0.29, 0.717) is 11.5 Å². The smallest absolute Gasteiger partial charge is 0.119 e. The van der Waals surface area contributed by atoms with Gasteiger partial charge in [-0.25, -0.2) is 0 Å². The summed E-state index contributed by atoms with van der Waals surface area (Å²) in [5.41, 5.74) is 7.19. The highest BCUT2D eigenvalue weighted by molar-refractivity contribution is 5.45. The molecule has 0 heterocycles. The quantitative estimate of drug-likeness (QED) is 0.178. The van der Waals surface area contributed by atoms with E-state index in [1.807, 2.05) is 91.8 Å². The first-order chi connectivity index (χ1) is 23.2. The third-order valence-corrected chi connectivity index (χ3v) is 7.48. The third-order valence-electron chi connectivity index (χ3n) is 7.48. The van der Waals surface area contributed by atoms with Crippen molar-refractivity contribution >= 4 is 0 Å². The van der Waals surface area contributed by atoms with Crippen molar-refractivity contribution in [3.8, 4) is 11.5 Å². The Balaban J connectivity index is 0. The number of nitrogens with zero attached hydrogens (tertiary/aromatic N) is 2. The fraction of sp³-hybridized carbons (Fsp3) is 0.455. The zero-order valence-electron chi connectivity index (χ0n) is 33.0. The molecule has 2 atom stereocenters. The number of benzene rings is 4. The van der Waals surface area contributed by atoms with E-state index in [1.165, 1.54) is 22.3 Å². The van der Waals surface area contributed by atoms with E-state index in [-0.39, 0.29) is 11.8 Å². The molecule has 4 aromatic rings. The van der Waals surface area contributed by atoms with E-state index in [4.69, 9.17) is 0 Å². The van der Waals surface area contributed by atoms with Crippen molar-refractivity contribution in [2.45, 2.75) is 93.9 Å². The molecule has 2 N–H and O–H groups in total. The molecule has 4 aromatic carbocycles. The minimum absolute atomic E-state index is 0.236. The van der Waals surface area contributed by atoms with Gasteiger partial charge in [0.1, 0.15) is 11.5 Å². The predicted octanol–water partition coefficient (Wildman–Crippen LogP) is 11.7. The summed E-state index contributed by atoms with van der Waals surface area (Å²) in [6, 6.07) is 32.2. The summed E-state index contributed by atoms with van der Waals surface area (Å²) >= 11 is 0. The molecule has 0 spiro atoms. The first kappa shape index (κ1) is 46.5. The summed E-state index contributed by atoms with van der Waals surface area (Å²) in [4.78, 5) is 4.37. The van der Waals surface area contributed by atoms with Crippen LogP contribution in [0.25, 0.3) is 0 Å². The molecule has 0 aromatic heterocycles. The molecule has 48 heavy (non-hydrogen) atoms. The van der Waals surface area contributed by atoms with E-state index < -0.39 is 0 Å². The van der Waals surface area contributed by atoms with Gasteiger partial charge in [0, 0.05) is 23.0 Å². The Morgan fingerprint density at radius 2 is 0.667 bits per heavy atom. The SMILES string of the molecule is CC.CC.CC.CC.Cc1ccccc1[C@@H](CCN(C)C)c1ccccc1O.Cc1ccccc1[C@H](CCN(C)C)c1ccccc1O. The number of rotatable bonds is 10. The maximum atomic E-state index is 10.2. The van der Waals surface area contributed by atoms with Crippen LogP contribution in [0.1, 0.15) is 113 Å². The zero-order chi connectivity index (χ0) is 37.1. The molecule has 0 amide bonds. The fourth-order valence-corrected chi connectivity index (χ4v) is 5.25. The van der Waals surface area contributed by atoms with Crippen molar-refractivity contribution in [2.24, 2.45) is 0 Å². The summed E-state index contributed by atoms with van der Waals surface area (Å²) in [6.45, 7) is 22.3. The average Bonchev–Trinajstić information content (AvgIpc) is 3.11. The number of para-hydroxylation sites is 2. The standard InChI is InChI=1S/2C18H23NO.4C2H6/c2*1-14-8-4-5-9-15(14)16(12-13-19(2)3)17-10-6-7-11-18(17)20;4*1-2/h2*4-11,16,20H,12-13H2,1-3H3;4*1-2H3/t2*16-;;;;/m10..../s1. The molecule has 0 unspecified atom stereocenters. The molecule has 0 radical (unpaired) electrons. The van der Waals surface area contributed by atoms with Gasteiger partial charge >= 0.3 is 0 Å². The van der Waals surface area contributed by atoms with Crippen LogP contribution in [0.4, 0.5) is 0 Å². The number of phenols is 2. The van der Waals surface area contributed by atoms with Gasteiger partial charge in [0.15, 0.2) is 0 Å². The molecule has 0 saturated heterocycles. The van der Waals surface area contributed by atoms with Gasteiger partial charge in [-0.15, -0.1) is 0 Å². The Morgan fingerprint density at radius 1 is 0.417 bits per heavy atom. The number of hydrogen-bond donors (Lipinski definition) is 2. The summed E-state index contributed by atoms with van der Waals surface area (Å²) in [5.74, 6) is 1.25. The topological polar surface area (TPSA) is 46.9 Å². The fourth-order valence-electron chi connectivity index (χ4n) is 5.25. The first-order valence-corrected chi connectivity index (χ1v) is 18.1. The van der Waals surface area contributed by atoms with Gasteiger partial charge in [-0.2, -0.15) is 0 Å². The van der Waals surface area contributed by atoms with Gasteiger partial charge in [0.25, 0.3) is 0 Å². The Hall–Kier alpha value is -3.60. The van der Waals surface area contributed by atoms with Crippen molar-refractivity contribution in [1.29, 1.82) is 0 Å². The molecule has 0 saturated carbocycles. The average molecular weight is 659 g/mol. The number of hydrogen-bond acceptors (Lipinski definition) is 4. The lowest BCUT2D eigenvalue weighted by molar-refractivity contribution is 0.386. The number of aromatic hydroxyl groups is 2. The number of phenolic OH excluding ortho intramolecular Hbond substituents is 2. The molecule has 4 rings (SSSR count). The van der Waals surface area contributed by atoms with Crippen LogP contribution >= 0.6 is 0 Å². The zero-order valence-corrected chi connectivity index (χ0v) is 33.0. The predicted molar refractivity (Wildman–Crippen MR) is 214 cm³/mol. The minimum atomic E-state index is 0.236. The van der Waals surface area contributed by atoms with Crippen molar-refractivity contribution in [2.75, 3.05) is 41.3 Å². The molecule has 4 heteroatoms.